The van der Waals surface area contributed by atoms with Crippen molar-refractivity contribution in [3.05, 3.63) is 70.5 Å². The SMILES string of the molecule is O=C(Nc1ncc(Cl)s1)[C@]1(c2ccc(S(=O)(=O)Cc3cccnc3)cc2)C[C@H]1C1CCCC1. The first-order chi connectivity index (χ1) is 15.9. The molecule has 2 aromatic heterocycles. The molecule has 6 nitrogen and oxygen atoms in total. The predicted octanol–water partition coefficient (Wildman–Crippen LogP) is 5.25. The van der Waals surface area contributed by atoms with Crippen LogP contribution in [0.4, 0.5) is 5.13 Å². The number of amides is 1. The van der Waals surface area contributed by atoms with Crippen LogP contribution in [0, 0.1) is 11.8 Å². The minimum Gasteiger partial charge on any atom is -0.301 e. The normalized spacial score (nSPS) is 22.9. The standard InChI is InChI=1S/C24H24ClN3O3S2/c25-21-14-27-23(32-21)28-22(29)24(12-20(24)17-5-1-2-6-17)18-7-9-19(10-8-18)33(30,31)15-16-4-3-11-26-13-16/h3-4,7-11,13-14,17,20H,1-2,5-6,12,15H2,(H,27,28,29)/t20-,24-/m0/s1. The molecular weight excluding hydrogens is 478 g/mol. The van der Waals surface area contributed by atoms with Crippen LogP contribution in [0.15, 0.2) is 59.9 Å². The zero-order chi connectivity index (χ0) is 23.1. The fraction of sp³-hybridized carbons (Fsp3) is 0.375. The number of carbonyl (C=O) groups excluding carboxylic acids is 1. The van der Waals surface area contributed by atoms with Crippen LogP contribution in [0.3, 0.4) is 0 Å². The topological polar surface area (TPSA) is 89.0 Å². The van der Waals surface area contributed by atoms with Crippen LogP contribution < -0.4 is 5.32 Å². The summed E-state index contributed by atoms with van der Waals surface area (Å²) in [7, 11) is -3.51. The number of hydrogen-bond acceptors (Lipinski definition) is 6. The van der Waals surface area contributed by atoms with Crippen molar-refractivity contribution >= 4 is 43.8 Å². The van der Waals surface area contributed by atoms with Crippen molar-refractivity contribution in [2.75, 3.05) is 5.32 Å². The summed E-state index contributed by atoms with van der Waals surface area (Å²) in [4.78, 5) is 21.9. The van der Waals surface area contributed by atoms with Crippen LogP contribution in [0.5, 0.6) is 0 Å². The molecule has 0 spiro atoms. The summed E-state index contributed by atoms with van der Waals surface area (Å²) in [5.41, 5.74) is 0.849. The van der Waals surface area contributed by atoms with Gasteiger partial charge < -0.3 is 5.32 Å². The van der Waals surface area contributed by atoms with E-state index in [1.54, 1.807) is 48.8 Å². The van der Waals surface area contributed by atoms with Crippen molar-refractivity contribution in [1.82, 2.24) is 9.97 Å². The summed E-state index contributed by atoms with van der Waals surface area (Å²) in [6, 6.07) is 10.3. The Morgan fingerprint density at radius 3 is 2.55 bits per heavy atom. The summed E-state index contributed by atoms with van der Waals surface area (Å²) in [6.07, 6.45) is 10.2. The van der Waals surface area contributed by atoms with Gasteiger partial charge in [-0.15, -0.1) is 0 Å². The van der Waals surface area contributed by atoms with E-state index in [0.29, 0.717) is 20.9 Å². The average Bonchev–Trinajstić information content (AvgIpc) is 3.10. The third-order valence-electron chi connectivity index (χ3n) is 6.89. The Morgan fingerprint density at radius 1 is 1.15 bits per heavy atom. The molecule has 0 bridgehead atoms. The molecule has 172 valence electrons. The van der Waals surface area contributed by atoms with Gasteiger partial charge in [-0.05, 0) is 47.6 Å². The maximum absolute atomic E-state index is 13.5. The molecule has 2 heterocycles. The van der Waals surface area contributed by atoms with Gasteiger partial charge in [0.25, 0.3) is 0 Å². The zero-order valence-electron chi connectivity index (χ0n) is 17.9. The van der Waals surface area contributed by atoms with Crippen molar-refractivity contribution < 1.29 is 13.2 Å². The average molecular weight is 502 g/mol. The van der Waals surface area contributed by atoms with Crippen LogP contribution >= 0.6 is 22.9 Å². The van der Waals surface area contributed by atoms with E-state index in [0.717, 1.165) is 24.8 Å². The largest absolute Gasteiger partial charge is 0.301 e. The highest BCUT2D eigenvalue weighted by Gasteiger charge is 2.63. The van der Waals surface area contributed by atoms with E-state index >= 15 is 0 Å². The summed E-state index contributed by atoms with van der Waals surface area (Å²) >= 11 is 7.22. The van der Waals surface area contributed by atoms with E-state index in [2.05, 4.69) is 15.3 Å². The highest BCUT2D eigenvalue weighted by Crippen LogP contribution is 2.61. The molecule has 0 saturated heterocycles. The van der Waals surface area contributed by atoms with Crippen LogP contribution in [-0.2, 0) is 25.8 Å². The molecule has 2 aliphatic carbocycles. The van der Waals surface area contributed by atoms with Gasteiger partial charge in [0.15, 0.2) is 15.0 Å². The van der Waals surface area contributed by atoms with Gasteiger partial charge in [0.1, 0.15) is 4.34 Å². The van der Waals surface area contributed by atoms with Crippen molar-refractivity contribution in [1.29, 1.82) is 0 Å². The molecule has 2 fully saturated rings. The predicted molar refractivity (Wildman–Crippen MR) is 129 cm³/mol. The molecule has 1 aromatic carbocycles. The van der Waals surface area contributed by atoms with Gasteiger partial charge in [-0.1, -0.05) is 66.8 Å². The quantitative estimate of drug-likeness (QED) is 0.477. The first-order valence-electron chi connectivity index (χ1n) is 11.0. The van der Waals surface area contributed by atoms with Gasteiger partial charge in [0.2, 0.25) is 5.91 Å². The second-order valence-corrected chi connectivity index (χ2v) is 12.5. The Morgan fingerprint density at radius 2 is 1.91 bits per heavy atom. The maximum atomic E-state index is 13.5. The van der Waals surface area contributed by atoms with Crippen molar-refractivity contribution in [2.24, 2.45) is 11.8 Å². The molecule has 0 radical (unpaired) electrons. The van der Waals surface area contributed by atoms with E-state index in [-0.39, 0.29) is 22.5 Å². The molecule has 2 saturated carbocycles. The highest BCUT2D eigenvalue weighted by atomic mass is 35.5. The van der Waals surface area contributed by atoms with Gasteiger partial charge in [-0.25, -0.2) is 13.4 Å². The summed E-state index contributed by atoms with van der Waals surface area (Å²) in [6.45, 7) is 0. The maximum Gasteiger partial charge on any atom is 0.237 e. The molecule has 9 heteroatoms. The van der Waals surface area contributed by atoms with Crippen LogP contribution in [-0.4, -0.2) is 24.3 Å². The van der Waals surface area contributed by atoms with E-state index in [9.17, 15) is 13.2 Å². The van der Waals surface area contributed by atoms with Gasteiger partial charge >= 0.3 is 0 Å². The molecular formula is C24H24ClN3O3S2. The van der Waals surface area contributed by atoms with Crippen LogP contribution in [0.2, 0.25) is 4.34 Å². The summed E-state index contributed by atoms with van der Waals surface area (Å²) < 4.78 is 26.3. The number of hydrogen-bond donors (Lipinski definition) is 1. The smallest absolute Gasteiger partial charge is 0.237 e. The monoisotopic (exact) mass is 501 g/mol. The molecule has 3 aromatic rings. The van der Waals surface area contributed by atoms with Gasteiger partial charge in [0.05, 0.1) is 22.3 Å². The zero-order valence-corrected chi connectivity index (χ0v) is 20.3. The van der Waals surface area contributed by atoms with Gasteiger partial charge in [-0.3, -0.25) is 9.78 Å². The molecule has 1 N–H and O–H groups in total. The highest BCUT2D eigenvalue weighted by molar-refractivity contribution is 7.90. The van der Waals surface area contributed by atoms with E-state index in [1.807, 2.05) is 0 Å². The number of rotatable bonds is 7. The number of halogens is 1. The molecule has 33 heavy (non-hydrogen) atoms. The number of benzene rings is 1. The Balaban J connectivity index is 1.42. The van der Waals surface area contributed by atoms with E-state index in [1.165, 1.54) is 30.4 Å². The Bertz CT molecular complexity index is 1260. The van der Waals surface area contributed by atoms with Crippen LogP contribution in [0.25, 0.3) is 0 Å². The lowest BCUT2D eigenvalue weighted by atomic mass is 9.87. The third kappa shape index (κ3) is 4.44. The fourth-order valence-corrected chi connectivity index (χ4v) is 7.34. The van der Waals surface area contributed by atoms with E-state index in [4.69, 9.17) is 11.6 Å². The number of sulfone groups is 1. The second kappa shape index (κ2) is 8.81. The summed E-state index contributed by atoms with van der Waals surface area (Å²) in [5.74, 6) is 0.579. The van der Waals surface area contributed by atoms with Gasteiger partial charge in [0, 0.05) is 12.4 Å². The lowest BCUT2D eigenvalue weighted by Crippen LogP contribution is -2.31. The first-order valence-corrected chi connectivity index (χ1v) is 13.9. The van der Waals surface area contributed by atoms with Crippen molar-refractivity contribution in [3.8, 4) is 0 Å². The van der Waals surface area contributed by atoms with Gasteiger partial charge in [-0.2, -0.15) is 0 Å². The summed E-state index contributed by atoms with van der Waals surface area (Å²) in [5, 5.41) is 3.44. The fourth-order valence-electron chi connectivity index (χ4n) is 5.21. The van der Waals surface area contributed by atoms with Crippen molar-refractivity contribution in [3.63, 3.8) is 0 Å². The minimum atomic E-state index is -3.51. The van der Waals surface area contributed by atoms with Crippen LogP contribution in [0.1, 0.15) is 43.2 Å². The number of thiazole rings is 1. The minimum absolute atomic E-state index is 0.0867. The molecule has 2 aliphatic rings. The Kier molecular flexibility index (Phi) is 6.01. The number of carbonyl (C=O) groups is 1. The number of pyridine rings is 1. The molecule has 2 atom stereocenters. The van der Waals surface area contributed by atoms with Crippen molar-refractivity contribution in [2.45, 2.75) is 48.2 Å². The number of aromatic nitrogens is 2. The lowest BCUT2D eigenvalue weighted by Gasteiger charge is -2.20. The third-order valence-corrected chi connectivity index (χ3v) is 9.63. The molecule has 1 amide bonds. The lowest BCUT2D eigenvalue weighted by molar-refractivity contribution is -0.119. The molecule has 0 aliphatic heterocycles. The Hall–Kier alpha value is -2.29. The molecule has 0 unspecified atom stereocenters. The molecule has 5 rings (SSSR count). The number of nitrogens with zero attached hydrogens (tertiary/aromatic N) is 2. The first kappa shape index (κ1) is 22.5. The number of nitrogens with one attached hydrogen (secondary N) is 1. The number of anilines is 1. The Labute approximate surface area is 202 Å². The van der Waals surface area contributed by atoms with E-state index < -0.39 is 15.3 Å². The second-order valence-electron chi connectivity index (χ2n) is 8.89.